The molecule has 192 valence electrons. The van der Waals surface area contributed by atoms with Crippen LogP contribution >= 0.6 is 0 Å². The molecule has 4 heterocycles. The molecule has 3 aliphatic heterocycles. The minimum Gasteiger partial charge on any atom is -0.457 e. The molecule has 6 aromatic rings. The van der Waals surface area contributed by atoms with E-state index in [1.54, 1.807) is 0 Å². The maximum Gasteiger partial charge on any atom is 0.161 e. The molecule has 8 bridgehead atoms. The predicted molar refractivity (Wildman–Crippen MR) is 161 cm³/mol. The number of fused-ring (bicyclic) bond motifs is 2. The molecule has 41 heavy (non-hydrogen) atoms. The second-order valence-electron chi connectivity index (χ2n) is 10.7. The van der Waals surface area contributed by atoms with Crippen LogP contribution in [0.15, 0.2) is 121 Å². The Labute approximate surface area is 238 Å². The van der Waals surface area contributed by atoms with Gasteiger partial charge in [-0.1, -0.05) is 91.0 Å². The lowest BCUT2D eigenvalue weighted by Crippen LogP contribution is -2.30. The van der Waals surface area contributed by atoms with Crippen LogP contribution in [0.4, 0.5) is 0 Å². The highest BCUT2D eigenvalue weighted by molar-refractivity contribution is 5.84. The van der Waals surface area contributed by atoms with Gasteiger partial charge in [-0.15, -0.1) is 0 Å². The zero-order valence-electron chi connectivity index (χ0n) is 22.3. The molecule has 0 radical (unpaired) electrons. The largest absolute Gasteiger partial charge is 0.457 e. The van der Waals surface area contributed by atoms with Gasteiger partial charge in [0.25, 0.3) is 0 Å². The van der Waals surface area contributed by atoms with Crippen LogP contribution in [0.25, 0.3) is 45.0 Å². The van der Waals surface area contributed by atoms with Crippen molar-refractivity contribution >= 4 is 0 Å². The van der Waals surface area contributed by atoms with Gasteiger partial charge in [0.05, 0.1) is 28.4 Å². The molecule has 0 spiro atoms. The SMILES string of the molecule is CC12c3cccc(c3)-c3cc(-c4ccccc4)nc(n3)-c3ccccc3-c3ccc1c(c3)Oc1cccc(C#N)c12. The van der Waals surface area contributed by atoms with Gasteiger partial charge in [0.1, 0.15) is 11.5 Å². The topological polar surface area (TPSA) is 58.8 Å². The van der Waals surface area contributed by atoms with Crippen LogP contribution in [0, 0.1) is 11.3 Å². The summed E-state index contributed by atoms with van der Waals surface area (Å²) in [6, 6.07) is 43.6. The number of aromatic nitrogens is 2. The average Bonchev–Trinajstić information content (AvgIpc) is 3.04. The summed E-state index contributed by atoms with van der Waals surface area (Å²) in [5.41, 5.74) is 9.67. The van der Waals surface area contributed by atoms with E-state index in [2.05, 4.69) is 85.8 Å². The van der Waals surface area contributed by atoms with Crippen LogP contribution in [0.5, 0.6) is 11.5 Å². The van der Waals surface area contributed by atoms with Gasteiger partial charge in [0.15, 0.2) is 5.82 Å². The minimum atomic E-state index is -0.629. The Bertz CT molecular complexity index is 2060. The van der Waals surface area contributed by atoms with Gasteiger partial charge >= 0.3 is 0 Å². The number of ether oxygens (including phenoxy) is 1. The van der Waals surface area contributed by atoms with Crippen molar-refractivity contribution in [2.24, 2.45) is 0 Å². The fraction of sp³-hybridized carbons (Fsp3) is 0.0541. The van der Waals surface area contributed by atoms with Gasteiger partial charge < -0.3 is 4.74 Å². The van der Waals surface area contributed by atoms with Gasteiger partial charge in [-0.25, -0.2) is 9.97 Å². The zero-order valence-corrected chi connectivity index (χ0v) is 22.3. The maximum atomic E-state index is 10.2. The van der Waals surface area contributed by atoms with Crippen molar-refractivity contribution in [1.29, 1.82) is 5.26 Å². The van der Waals surface area contributed by atoms with Gasteiger partial charge in [-0.05, 0) is 53.9 Å². The first-order valence-electron chi connectivity index (χ1n) is 13.6. The van der Waals surface area contributed by atoms with E-state index in [1.165, 1.54) is 0 Å². The summed E-state index contributed by atoms with van der Waals surface area (Å²) < 4.78 is 6.56. The van der Waals surface area contributed by atoms with Crippen LogP contribution < -0.4 is 4.74 Å². The van der Waals surface area contributed by atoms with Crippen molar-refractivity contribution in [3.8, 4) is 62.6 Å². The monoisotopic (exact) mass is 525 g/mol. The number of hydrogen-bond acceptors (Lipinski definition) is 4. The molecule has 0 saturated carbocycles. The smallest absolute Gasteiger partial charge is 0.161 e. The molecule has 1 atom stereocenters. The van der Waals surface area contributed by atoms with Gasteiger partial charge in [0, 0.05) is 27.8 Å². The third kappa shape index (κ3) is 3.46. The summed E-state index contributed by atoms with van der Waals surface area (Å²) in [6.45, 7) is 2.20. The Kier molecular flexibility index (Phi) is 4.98. The van der Waals surface area contributed by atoms with Crippen molar-refractivity contribution in [2.45, 2.75) is 12.3 Å². The van der Waals surface area contributed by atoms with Crippen molar-refractivity contribution in [1.82, 2.24) is 9.97 Å². The molecule has 0 saturated heterocycles. The van der Waals surface area contributed by atoms with E-state index < -0.39 is 5.41 Å². The Balaban J connectivity index is 1.51. The van der Waals surface area contributed by atoms with Gasteiger partial charge in [-0.2, -0.15) is 5.26 Å². The first kappa shape index (κ1) is 23.4. The first-order chi connectivity index (χ1) is 20.1. The molecule has 0 aliphatic carbocycles. The highest BCUT2D eigenvalue weighted by atomic mass is 16.5. The molecule has 0 fully saturated rings. The van der Waals surface area contributed by atoms with Crippen molar-refractivity contribution < 1.29 is 4.74 Å². The molecule has 1 aromatic heterocycles. The lowest BCUT2D eigenvalue weighted by molar-refractivity contribution is 0.427. The summed E-state index contributed by atoms with van der Waals surface area (Å²) in [6.07, 6.45) is 0. The van der Waals surface area contributed by atoms with E-state index in [4.69, 9.17) is 14.7 Å². The first-order valence-corrected chi connectivity index (χ1v) is 13.6. The van der Waals surface area contributed by atoms with Gasteiger partial charge in [0.2, 0.25) is 0 Å². The lowest BCUT2D eigenvalue weighted by atomic mass is 9.67. The molecule has 4 nitrogen and oxygen atoms in total. The second kappa shape index (κ2) is 8.74. The van der Waals surface area contributed by atoms with Crippen LogP contribution in [0.3, 0.4) is 0 Å². The molecule has 1 unspecified atom stereocenters. The van der Waals surface area contributed by atoms with E-state index in [1.807, 2.05) is 48.5 Å². The van der Waals surface area contributed by atoms with Crippen molar-refractivity contribution in [3.05, 3.63) is 144 Å². The fourth-order valence-corrected chi connectivity index (χ4v) is 6.36. The summed E-state index contributed by atoms with van der Waals surface area (Å²) in [7, 11) is 0. The van der Waals surface area contributed by atoms with E-state index in [9.17, 15) is 5.26 Å². The minimum absolute atomic E-state index is 0.607. The van der Waals surface area contributed by atoms with E-state index >= 15 is 0 Å². The Morgan fingerprint density at radius 2 is 1.37 bits per heavy atom. The van der Waals surface area contributed by atoms with Crippen molar-refractivity contribution in [2.75, 3.05) is 0 Å². The van der Waals surface area contributed by atoms with Gasteiger partial charge in [-0.3, -0.25) is 0 Å². The third-order valence-electron chi connectivity index (χ3n) is 8.40. The lowest BCUT2D eigenvalue weighted by Gasteiger charge is -2.39. The summed E-state index contributed by atoms with van der Waals surface area (Å²) in [4.78, 5) is 10.2. The van der Waals surface area contributed by atoms with Crippen molar-refractivity contribution in [3.63, 3.8) is 0 Å². The maximum absolute atomic E-state index is 10.2. The molecule has 4 heteroatoms. The van der Waals surface area contributed by atoms with E-state index in [0.717, 1.165) is 61.6 Å². The summed E-state index contributed by atoms with van der Waals surface area (Å²) in [5.74, 6) is 2.15. The fourth-order valence-electron chi connectivity index (χ4n) is 6.36. The van der Waals surface area contributed by atoms with Crippen LogP contribution in [0.2, 0.25) is 0 Å². The molecule has 5 aromatic carbocycles. The predicted octanol–water partition coefficient (Wildman–Crippen LogP) is 8.79. The number of hydrogen-bond donors (Lipinski definition) is 0. The number of rotatable bonds is 1. The zero-order chi connectivity index (χ0) is 27.6. The molecule has 9 rings (SSSR count). The molecular weight excluding hydrogens is 502 g/mol. The Hall–Kier alpha value is -5.53. The second-order valence-corrected chi connectivity index (χ2v) is 10.7. The molecule has 0 N–H and O–H groups in total. The Morgan fingerprint density at radius 1 is 0.634 bits per heavy atom. The summed E-state index contributed by atoms with van der Waals surface area (Å²) in [5, 5.41) is 10.2. The number of nitrogens with zero attached hydrogens (tertiary/aromatic N) is 3. The van der Waals surface area contributed by atoms with Crippen LogP contribution in [0.1, 0.15) is 29.2 Å². The Morgan fingerprint density at radius 3 is 2.20 bits per heavy atom. The molecule has 3 aliphatic rings. The molecular formula is C37H23N3O. The number of nitriles is 1. The highest BCUT2D eigenvalue weighted by Gasteiger charge is 2.42. The third-order valence-corrected chi connectivity index (χ3v) is 8.40. The number of benzene rings is 5. The van der Waals surface area contributed by atoms with E-state index in [0.29, 0.717) is 17.1 Å². The average molecular weight is 526 g/mol. The normalized spacial score (nSPS) is 15.7. The van der Waals surface area contributed by atoms with Crippen LogP contribution in [-0.2, 0) is 5.41 Å². The molecule has 0 amide bonds. The quantitative estimate of drug-likeness (QED) is 0.215. The van der Waals surface area contributed by atoms with E-state index in [-0.39, 0.29) is 0 Å². The highest BCUT2D eigenvalue weighted by Crippen LogP contribution is 2.54. The van der Waals surface area contributed by atoms with Crippen LogP contribution in [-0.4, -0.2) is 9.97 Å². The standard InChI is InChI=1S/C37H23N3O/c1-37-27-13-7-11-25(19-27)32-21-31(23-9-3-2-4-10-23)39-36(40-32)29-15-6-5-14-28(29)24-17-18-30(37)34(20-24)41-33-16-8-12-26(22-38)35(33)37/h2-21H,1H3. The summed E-state index contributed by atoms with van der Waals surface area (Å²) >= 11 is 0.